The van der Waals surface area contributed by atoms with Gasteiger partial charge >= 0.3 is 0 Å². The molecule has 0 nitrogen and oxygen atoms in total. The Bertz CT molecular complexity index is 267. The number of unbranched alkanes of at least 4 members (excludes halogenated alkanes) is 23. The lowest BCUT2D eigenvalue weighted by Crippen LogP contribution is -1.87. The molecule has 1 radical (unpaired) electrons. The van der Waals surface area contributed by atoms with Gasteiger partial charge in [0.1, 0.15) is 0 Å². The van der Waals surface area contributed by atoms with E-state index in [1.54, 1.807) is 0 Å². The summed E-state index contributed by atoms with van der Waals surface area (Å²) in [6.07, 6.45) is 36.3. The van der Waals surface area contributed by atoms with Crippen LogP contribution in [0, 0.1) is 12.8 Å². The molecule has 175 valence electrons. The van der Waals surface area contributed by atoms with Crippen molar-refractivity contribution in [3.63, 3.8) is 0 Å². The molecule has 0 rings (SSSR count). The summed E-state index contributed by atoms with van der Waals surface area (Å²) in [5.41, 5.74) is 0. The lowest BCUT2D eigenvalue weighted by molar-refractivity contribution is 0.500. The second kappa shape index (κ2) is 26.0. The molecular formula is C29H59. The predicted molar refractivity (Wildman–Crippen MR) is 136 cm³/mol. The molecule has 0 N–H and O–H groups in total. The van der Waals surface area contributed by atoms with Crippen molar-refractivity contribution in [2.24, 2.45) is 5.92 Å². The van der Waals surface area contributed by atoms with E-state index in [1.807, 2.05) is 0 Å². The fourth-order valence-corrected chi connectivity index (χ4v) is 4.44. The molecule has 0 heteroatoms. The number of hydrogen-bond donors (Lipinski definition) is 0. The van der Waals surface area contributed by atoms with Crippen molar-refractivity contribution in [3.05, 3.63) is 6.92 Å². The Morgan fingerprint density at radius 3 is 0.759 bits per heavy atom. The number of rotatable bonds is 25. The van der Waals surface area contributed by atoms with Crippen LogP contribution in [0.4, 0.5) is 0 Å². The van der Waals surface area contributed by atoms with Crippen LogP contribution in [0.2, 0.25) is 0 Å². The zero-order valence-electron chi connectivity index (χ0n) is 21.0. The van der Waals surface area contributed by atoms with Crippen molar-refractivity contribution in [3.8, 4) is 0 Å². The molecule has 0 unspecified atom stereocenters. The maximum Gasteiger partial charge on any atom is -0.0471 e. The standard InChI is InChI=1S/C29H59/c1-4-5-6-7-8-9-10-11-12-13-14-15-16-17-18-19-20-21-22-23-24-25-26-27-28-29(2)3/h29H,1,4-28H2,2-3H3. The van der Waals surface area contributed by atoms with Gasteiger partial charge in [0.25, 0.3) is 0 Å². The Morgan fingerprint density at radius 1 is 0.345 bits per heavy atom. The summed E-state index contributed by atoms with van der Waals surface area (Å²) >= 11 is 0. The fourth-order valence-electron chi connectivity index (χ4n) is 4.44. The molecule has 0 amide bonds. The van der Waals surface area contributed by atoms with E-state index in [0.29, 0.717) is 0 Å². The molecule has 0 heterocycles. The number of hydrogen-bond acceptors (Lipinski definition) is 0. The summed E-state index contributed by atoms with van der Waals surface area (Å²) in [5.74, 6) is 0.897. The Kier molecular flexibility index (Phi) is 26.0. The highest BCUT2D eigenvalue weighted by molar-refractivity contribution is 4.52. The van der Waals surface area contributed by atoms with Gasteiger partial charge in [-0.3, -0.25) is 0 Å². The monoisotopic (exact) mass is 407 g/mol. The molecule has 0 aliphatic rings. The van der Waals surface area contributed by atoms with Crippen LogP contribution in [-0.4, -0.2) is 0 Å². The molecule has 0 saturated carbocycles. The first kappa shape index (κ1) is 29.0. The summed E-state index contributed by atoms with van der Waals surface area (Å²) in [6, 6.07) is 0. The molecule has 0 atom stereocenters. The zero-order chi connectivity index (χ0) is 21.3. The zero-order valence-corrected chi connectivity index (χ0v) is 21.0. The molecule has 0 aromatic carbocycles. The Balaban J connectivity index is 2.98. The van der Waals surface area contributed by atoms with E-state index >= 15 is 0 Å². The summed E-state index contributed by atoms with van der Waals surface area (Å²) in [5, 5.41) is 0. The van der Waals surface area contributed by atoms with Gasteiger partial charge in [-0.05, 0) is 5.92 Å². The van der Waals surface area contributed by atoms with Gasteiger partial charge in [0.15, 0.2) is 0 Å². The fraction of sp³-hybridized carbons (Fsp3) is 0.966. The molecule has 0 spiro atoms. The van der Waals surface area contributed by atoms with E-state index in [9.17, 15) is 0 Å². The molecule has 0 aliphatic carbocycles. The Hall–Kier alpha value is 0. The van der Waals surface area contributed by atoms with Gasteiger partial charge in [-0.25, -0.2) is 0 Å². The second-order valence-corrected chi connectivity index (χ2v) is 10.2. The van der Waals surface area contributed by atoms with E-state index in [0.717, 1.165) is 12.3 Å². The van der Waals surface area contributed by atoms with Crippen LogP contribution in [0.25, 0.3) is 0 Å². The topological polar surface area (TPSA) is 0 Å². The minimum atomic E-state index is 0.897. The third-order valence-corrected chi connectivity index (χ3v) is 6.53. The van der Waals surface area contributed by atoms with Crippen LogP contribution < -0.4 is 0 Å². The minimum Gasteiger partial charge on any atom is -0.0628 e. The highest BCUT2D eigenvalue weighted by Crippen LogP contribution is 2.16. The van der Waals surface area contributed by atoms with Crippen molar-refractivity contribution in [1.82, 2.24) is 0 Å². The Labute approximate surface area is 187 Å². The first-order valence-electron chi connectivity index (χ1n) is 14.1. The molecule has 0 aliphatic heterocycles. The lowest BCUT2D eigenvalue weighted by Gasteiger charge is -2.05. The van der Waals surface area contributed by atoms with Gasteiger partial charge in [0.05, 0.1) is 0 Å². The van der Waals surface area contributed by atoms with E-state index in [2.05, 4.69) is 20.8 Å². The van der Waals surface area contributed by atoms with Crippen LogP contribution in [0.1, 0.15) is 174 Å². The summed E-state index contributed by atoms with van der Waals surface area (Å²) in [7, 11) is 0. The van der Waals surface area contributed by atoms with Crippen molar-refractivity contribution < 1.29 is 0 Å². The second-order valence-electron chi connectivity index (χ2n) is 10.2. The normalized spacial score (nSPS) is 11.6. The lowest BCUT2D eigenvalue weighted by atomic mass is 10.0. The van der Waals surface area contributed by atoms with Crippen molar-refractivity contribution >= 4 is 0 Å². The van der Waals surface area contributed by atoms with Crippen LogP contribution in [0.15, 0.2) is 0 Å². The average molecular weight is 408 g/mol. The Morgan fingerprint density at radius 2 is 0.552 bits per heavy atom. The van der Waals surface area contributed by atoms with Crippen molar-refractivity contribution in [2.75, 3.05) is 0 Å². The molecule has 0 aromatic heterocycles. The van der Waals surface area contributed by atoms with E-state index in [4.69, 9.17) is 0 Å². The van der Waals surface area contributed by atoms with Crippen molar-refractivity contribution in [1.29, 1.82) is 0 Å². The maximum atomic E-state index is 3.92. The van der Waals surface area contributed by atoms with Crippen LogP contribution in [-0.2, 0) is 0 Å². The van der Waals surface area contributed by atoms with Crippen LogP contribution >= 0.6 is 0 Å². The predicted octanol–water partition coefficient (Wildman–Crippen LogP) is 11.2. The molecule has 29 heavy (non-hydrogen) atoms. The van der Waals surface area contributed by atoms with Crippen LogP contribution in [0.3, 0.4) is 0 Å². The highest BCUT2D eigenvalue weighted by Gasteiger charge is 1.97. The third-order valence-electron chi connectivity index (χ3n) is 6.53. The first-order chi connectivity index (χ1) is 14.3. The average Bonchev–Trinajstić information content (AvgIpc) is 2.71. The van der Waals surface area contributed by atoms with E-state index < -0.39 is 0 Å². The SMILES string of the molecule is [CH2]CCCCCCCCCCCCCCCCCCCCCCCCCC(C)C. The van der Waals surface area contributed by atoms with Gasteiger partial charge in [-0.2, -0.15) is 0 Å². The smallest absolute Gasteiger partial charge is 0.0471 e. The maximum absolute atomic E-state index is 3.92. The van der Waals surface area contributed by atoms with E-state index in [-0.39, 0.29) is 0 Å². The first-order valence-corrected chi connectivity index (χ1v) is 14.1. The molecule has 0 aromatic rings. The van der Waals surface area contributed by atoms with Gasteiger partial charge < -0.3 is 0 Å². The van der Waals surface area contributed by atoms with E-state index in [1.165, 1.54) is 154 Å². The summed E-state index contributed by atoms with van der Waals surface area (Å²) < 4.78 is 0. The minimum absolute atomic E-state index is 0.897. The van der Waals surface area contributed by atoms with Gasteiger partial charge in [-0.15, -0.1) is 0 Å². The molecule has 0 fully saturated rings. The van der Waals surface area contributed by atoms with Gasteiger partial charge in [-0.1, -0.05) is 181 Å². The molecule has 0 bridgehead atoms. The van der Waals surface area contributed by atoms with Crippen molar-refractivity contribution in [2.45, 2.75) is 174 Å². The molecular weight excluding hydrogens is 348 g/mol. The highest BCUT2D eigenvalue weighted by atomic mass is 14.0. The summed E-state index contributed by atoms with van der Waals surface area (Å²) in [4.78, 5) is 0. The van der Waals surface area contributed by atoms with Gasteiger partial charge in [0, 0.05) is 0 Å². The largest absolute Gasteiger partial charge is 0.0628 e. The van der Waals surface area contributed by atoms with Crippen LogP contribution in [0.5, 0.6) is 0 Å². The quantitative estimate of drug-likeness (QED) is 0.132. The molecule has 0 saturated heterocycles. The third kappa shape index (κ3) is 28.0. The summed E-state index contributed by atoms with van der Waals surface area (Å²) in [6.45, 7) is 8.60. The van der Waals surface area contributed by atoms with Gasteiger partial charge in [0.2, 0.25) is 0 Å².